The van der Waals surface area contributed by atoms with E-state index < -0.39 is 23.7 Å². The van der Waals surface area contributed by atoms with E-state index in [1.54, 1.807) is 19.9 Å². The van der Waals surface area contributed by atoms with Crippen molar-refractivity contribution < 1.29 is 23.6 Å². The number of fused-ring (bicyclic) bond motifs is 1. The highest BCUT2D eigenvalue weighted by Gasteiger charge is 2.34. The molecule has 0 unspecified atom stereocenters. The average Bonchev–Trinajstić information content (AvgIpc) is 3.31. The molecule has 1 fully saturated rings. The van der Waals surface area contributed by atoms with Crippen LogP contribution in [0.1, 0.15) is 39.3 Å². The summed E-state index contributed by atoms with van der Waals surface area (Å²) in [4.78, 5) is 53.2. The van der Waals surface area contributed by atoms with Crippen LogP contribution in [0.3, 0.4) is 0 Å². The number of primary amides is 1. The van der Waals surface area contributed by atoms with Crippen molar-refractivity contribution in [2.75, 3.05) is 18.4 Å². The SMILES string of the molecule is Cc1[nH]c(C=C2C(=O)Nc3ccc(F)cc32)c(C)c1C(=O)N[C@H]1CCN(CC(N)=O)C1=O. The Morgan fingerprint density at radius 1 is 1.31 bits per heavy atom. The minimum absolute atomic E-state index is 0.185. The zero-order valence-electron chi connectivity index (χ0n) is 17.5. The molecule has 0 aliphatic carbocycles. The minimum atomic E-state index is -0.743. The number of nitrogens with zero attached hydrogens (tertiary/aromatic N) is 1. The number of carbonyl (C=O) groups excluding carboxylic acids is 4. The third-order valence-corrected chi connectivity index (χ3v) is 5.71. The number of aromatic nitrogens is 1. The van der Waals surface area contributed by atoms with Gasteiger partial charge in [-0.05, 0) is 50.1 Å². The Morgan fingerprint density at radius 3 is 2.78 bits per heavy atom. The number of carbonyl (C=O) groups is 4. The van der Waals surface area contributed by atoms with Gasteiger partial charge in [0.05, 0.1) is 17.7 Å². The lowest BCUT2D eigenvalue weighted by Gasteiger charge is -2.15. The first-order chi connectivity index (χ1) is 15.2. The topological polar surface area (TPSA) is 137 Å². The fourth-order valence-corrected chi connectivity index (χ4v) is 4.16. The lowest BCUT2D eigenvalue weighted by Crippen LogP contribution is -2.43. The summed E-state index contributed by atoms with van der Waals surface area (Å²) in [5, 5.41) is 5.40. The van der Waals surface area contributed by atoms with Gasteiger partial charge in [-0.15, -0.1) is 0 Å². The molecular weight excluding hydrogens is 417 g/mol. The summed E-state index contributed by atoms with van der Waals surface area (Å²) in [7, 11) is 0. The summed E-state index contributed by atoms with van der Waals surface area (Å²) >= 11 is 0. The van der Waals surface area contributed by atoms with Crippen LogP contribution < -0.4 is 16.4 Å². The predicted molar refractivity (Wildman–Crippen MR) is 115 cm³/mol. The fourth-order valence-electron chi connectivity index (χ4n) is 4.16. The third-order valence-electron chi connectivity index (χ3n) is 5.71. The van der Waals surface area contributed by atoms with Crippen molar-refractivity contribution in [2.45, 2.75) is 26.3 Å². The molecule has 0 bridgehead atoms. The monoisotopic (exact) mass is 439 g/mol. The summed E-state index contributed by atoms with van der Waals surface area (Å²) < 4.78 is 13.7. The van der Waals surface area contributed by atoms with E-state index in [0.29, 0.717) is 46.7 Å². The van der Waals surface area contributed by atoms with Crippen LogP contribution in [0.5, 0.6) is 0 Å². The molecule has 9 nitrogen and oxygen atoms in total. The zero-order valence-corrected chi connectivity index (χ0v) is 17.5. The minimum Gasteiger partial charge on any atom is -0.368 e. The first-order valence-electron chi connectivity index (χ1n) is 10.1. The van der Waals surface area contributed by atoms with E-state index in [1.165, 1.54) is 23.1 Å². The lowest BCUT2D eigenvalue weighted by molar-refractivity contribution is -0.133. The molecule has 1 aromatic heterocycles. The molecule has 2 aromatic rings. The maximum absolute atomic E-state index is 13.7. The standard InChI is InChI=1S/C22H22FN5O4/c1-10-17(8-14-13-7-12(23)3-4-15(13)26-20(14)30)25-11(2)19(10)21(31)27-16-5-6-28(22(16)32)9-18(24)29/h3-4,7-8,16,25H,5-6,9H2,1-2H3,(H2,24,29)(H,26,30)(H,27,31)/t16-/m0/s1. The number of H-pyrrole nitrogens is 1. The molecule has 1 saturated heterocycles. The number of nitrogens with two attached hydrogens (primary N) is 1. The number of benzene rings is 1. The van der Waals surface area contributed by atoms with Crippen LogP contribution in [-0.2, 0) is 14.4 Å². The number of hydrogen-bond acceptors (Lipinski definition) is 4. The molecule has 2 aliphatic rings. The first-order valence-corrected chi connectivity index (χ1v) is 10.1. The number of aryl methyl sites for hydroxylation is 1. The third kappa shape index (κ3) is 3.75. The molecule has 2 aliphatic heterocycles. The molecule has 32 heavy (non-hydrogen) atoms. The largest absolute Gasteiger partial charge is 0.368 e. The van der Waals surface area contributed by atoms with E-state index in [0.717, 1.165) is 0 Å². The number of likely N-dealkylation sites (tertiary alicyclic amines) is 1. The number of halogens is 1. The van der Waals surface area contributed by atoms with Gasteiger partial charge in [-0.1, -0.05) is 0 Å². The van der Waals surface area contributed by atoms with E-state index >= 15 is 0 Å². The summed E-state index contributed by atoms with van der Waals surface area (Å²) in [5.41, 5.74) is 8.43. The van der Waals surface area contributed by atoms with Crippen LogP contribution in [0.4, 0.5) is 10.1 Å². The van der Waals surface area contributed by atoms with Crippen LogP contribution in [0.15, 0.2) is 18.2 Å². The Morgan fingerprint density at radius 2 is 2.06 bits per heavy atom. The normalized spacial score (nSPS) is 18.8. The van der Waals surface area contributed by atoms with Crippen LogP contribution in [0, 0.1) is 19.7 Å². The summed E-state index contributed by atoms with van der Waals surface area (Å²) in [6.07, 6.45) is 1.95. The molecule has 4 amide bonds. The highest BCUT2D eigenvalue weighted by molar-refractivity contribution is 6.34. The van der Waals surface area contributed by atoms with E-state index in [-0.39, 0.29) is 23.9 Å². The van der Waals surface area contributed by atoms with Crippen molar-refractivity contribution in [3.63, 3.8) is 0 Å². The first kappa shape index (κ1) is 21.3. The van der Waals surface area contributed by atoms with E-state index in [4.69, 9.17) is 5.73 Å². The van der Waals surface area contributed by atoms with Crippen molar-refractivity contribution in [1.82, 2.24) is 15.2 Å². The second kappa shape index (κ2) is 7.95. The zero-order chi connectivity index (χ0) is 23.2. The number of hydrogen-bond donors (Lipinski definition) is 4. The average molecular weight is 439 g/mol. The Balaban J connectivity index is 1.58. The van der Waals surface area contributed by atoms with Gasteiger partial charge in [0.15, 0.2) is 0 Å². The van der Waals surface area contributed by atoms with Crippen molar-refractivity contribution in [3.05, 3.63) is 52.1 Å². The summed E-state index contributed by atoms with van der Waals surface area (Å²) in [5.74, 6) is -2.24. The van der Waals surface area contributed by atoms with Crippen LogP contribution >= 0.6 is 0 Å². The van der Waals surface area contributed by atoms with Crippen molar-refractivity contribution in [1.29, 1.82) is 0 Å². The van der Waals surface area contributed by atoms with Crippen molar-refractivity contribution in [3.8, 4) is 0 Å². The maximum Gasteiger partial charge on any atom is 0.256 e. The quantitative estimate of drug-likeness (QED) is 0.518. The van der Waals surface area contributed by atoms with E-state index in [1.807, 2.05) is 0 Å². The van der Waals surface area contributed by atoms with Gasteiger partial charge < -0.3 is 26.3 Å². The predicted octanol–water partition coefficient (Wildman–Crippen LogP) is 1.08. The van der Waals surface area contributed by atoms with E-state index in [2.05, 4.69) is 15.6 Å². The van der Waals surface area contributed by atoms with Crippen LogP contribution in [-0.4, -0.2) is 52.6 Å². The van der Waals surface area contributed by atoms with Crippen molar-refractivity contribution in [2.24, 2.45) is 5.73 Å². The molecular formula is C22H22FN5O4. The maximum atomic E-state index is 13.7. The Bertz CT molecular complexity index is 1200. The fraction of sp³-hybridized carbons (Fsp3) is 0.273. The second-order valence-corrected chi connectivity index (χ2v) is 7.91. The van der Waals surface area contributed by atoms with Gasteiger partial charge in [0.2, 0.25) is 11.8 Å². The highest BCUT2D eigenvalue weighted by atomic mass is 19.1. The molecule has 0 saturated carbocycles. The highest BCUT2D eigenvalue weighted by Crippen LogP contribution is 2.34. The number of anilines is 1. The van der Waals surface area contributed by atoms with Gasteiger partial charge in [-0.3, -0.25) is 19.2 Å². The smallest absolute Gasteiger partial charge is 0.256 e. The molecule has 4 rings (SSSR count). The summed E-state index contributed by atoms with van der Waals surface area (Å²) in [6, 6.07) is 3.30. The summed E-state index contributed by atoms with van der Waals surface area (Å²) in [6.45, 7) is 3.58. The van der Waals surface area contributed by atoms with Crippen LogP contribution in [0.2, 0.25) is 0 Å². The Kier molecular flexibility index (Phi) is 5.29. The molecule has 166 valence electrons. The molecule has 3 heterocycles. The molecule has 1 atom stereocenters. The van der Waals surface area contributed by atoms with Gasteiger partial charge in [-0.2, -0.15) is 0 Å². The van der Waals surface area contributed by atoms with Gasteiger partial charge >= 0.3 is 0 Å². The second-order valence-electron chi connectivity index (χ2n) is 7.91. The number of amides is 4. The Labute approximate surface area is 182 Å². The van der Waals surface area contributed by atoms with Gasteiger partial charge in [0.25, 0.3) is 11.8 Å². The van der Waals surface area contributed by atoms with E-state index in [9.17, 15) is 23.6 Å². The number of aromatic amines is 1. The van der Waals surface area contributed by atoms with Gasteiger partial charge in [0, 0.05) is 29.2 Å². The molecule has 5 N–H and O–H groups in total. The number of rotatable bonds is 5. The van der Waals surface area contributed by atoms with Gasteiger partial charge in [-0.25, -0.2) is 4.39 Å². The molecule has 0 spiro atoms. The number of nitrogens with one attached hydrogen (secondary N) is 3. The Hall–Kier alpha value is -3.95. The van der Waals surface area contributed by atoms with Crippen molar-refractivity contribution >= 4 is 41.0 Å². The van der Waals surface area contributed by atoms with Crippen LogP contribution in [0.25, 0.3) is 11.6 Å². The lowest BCUT2D eigenvalue weighted by atomic mass is 10.0. The molecule has 0 radical (unpaired) electrons. The molecule has 1 aromatic carbocycles. The van der Waals surface area contributed by atoms with Gasteiger partial charge in [0.1, 0.15) is 11.9 Å². The molecule has 10 heteroatoms.